The van der Waals surface area contributed by atoms with Gasteiger partial charge < -0.3 is 15.5 Å². The molecule has 0 aliphatic heterocycles. The highest BCUT2D eigenvalue weighted by molar-refractivity contribution is 6.42. The summed E-state index contributed by atoms with van der Waals surface area (Å²) in [4.78, 5) is 10.3. The van der Waals surface area contributed by atoms with Gasteiger partial charge in [-0.2, -0.15) is 0 Å². The van der Waals surface area contributed by atoms with Gasteiger partial charge in [-0.25, -0.2) is 0 Å². The van der Waals surface area contributed by atoms with Gasteiger partial charge in [0.2, 0.25) is 0 Å². The zero-order valence-electron chi connectivity index (χ0n) is 10.1. The van der Waals surface area contributed by atoms with Gasteiger partial charge in [0, 0.05) is 6.07 Å². The fourth-order valence-electron chi connectivity index (χ4n) is 1.60. The first-order valence-electron chi connectivity index (χ1n) is 5.52. The molecule has 0 fully saturated rings. The van der Waals surface area contributed by atoms with Crippen LogP contribution in [-0.2, 0) is 0 Å². The number of aliphatic hydroxyl groups is 2. The largest absolute Gasteiger partial charge is 0.390 e. The van der Waals surface area contributed by atoms with Crippen LogP contribution >= 0.6 is 23.2 Å². The van der Waals surface area contributed by atoms with Gasteiger partial charge in [0.15, 0.2) is 0 Å². The van der Waals surface area contributed by atoms with Crippen molar-refractivity contribution in [3.8, 4) is 0 Å². The van der Waals surface area contributed by atoms with Gasteiger partial charge in [0.1, 0.15) is 6.10 Å². The van der Waals surface area contributed by atoms with Crippen molar-refractivity contribution in [1.82, 2.24) is 5.32 Å². The summed E-state index contributed by atoms with van der Waals surface area (Å²) in [5.41, 5.74) is -0.423. The first-order valence-corrected chi connectivity index (χ1v) is 6.28. The Morgan fingerprint density at radius 3 is 2.47 bits per heavy atom. The van der Waals surface area contributed by atoms with E-state index >= 15 is 0 Å². The molecule has 1 aromatic rings. The molecule has 0 aromatic heterocycles. The van der Waals surface area contributed by atoms with Crippen molar-refractivity contribution in [3.05, 3.63) is 37.9 Å². The Morgan fingerprint density at radius 2 is 1.95 bits per heavy atom. The van der Waals surface area contributed by atoms with Gasteiger partial charge in [-0.15, -0.1) is 0 Å². The number of halogens is 2. The molecule has 19 heavy (non-hydrogen) atoms. The lowest BCUT2D eigenvalue weighted by atomic mass is 10.0. The summed E-state index contributed by atoms with van der Waals surface area (Å²) in [7, 11) is 1.70. The molecule has 2 unspecified atom stereocenters. The average molecular weight is 309 g/mol. The number of nitrogens with one attached hydrogen (secondary N) is 1. The normalized spacial score (nSPS) is 14.2. The Morgan fingerprint density at radius 1 is 1.37 bits per heavy atom. The van der Waals surface area contributed by atoms with Gasteiger partial charge >= 0.3 is 0 Å². The van der Waals surface area contributed by atoms with Crippen LogP contribution in [0.2, 0.25) is 10.0 Å². The van der Waals surface area contributed by atoms with E-state index in [9.17, 15) is 20.3 Å². The fraction of sp³-hybridized carbons (Fsp3) is 0.455. The minimum Gasteiger partial charge on any atom is -0.390 e. The van der Waals surface area contributed by atoms with E-state index in [0.717, 1.165) is 6.07 Å². The van der Waals surface area contributed by atoms with E-state index in [1.807, 2.05) is 0 Å². The number of nitrogens with zero attached hydrogens (tertiary/aromatic N) is 1. The number of benzene rings is 1. The quantitative estimate of drug-likeness (QED) is 0.551. The van der Waals surface area contributed by atoms with Crippen molar-refractivity contribution in [3.63, 3.8) is 0 Å². The van der Waals surface area contributed by atoms with Gasteiger partial charge in [0.05, 0.1) is 26.6 Å². The number of nitro benzene ring substituents is 1. The molecule has 106 valence electrons. The molecular weight excluding hydrogens is 295 g/mol. The second-order valence-electron chi connectivity index (χ2n) is 3.99. The van der Waals surface area contributed by atoms with Crippen LogP contribution in [0, 0.1) is 10.1 Å². The molecule has 0 amide bonds. The first kappa shape index (κ1) is 16.1. The lowest BCUT2D eigenvalue weighted by Crippen LogP contribution is -2.24. The summed E-state index contributed by atoms with van der Waals surface area (Å²) in [6, 6.07) is 2.27. The number of hydrogen-bond acceptors (Lipinski definition) is 5. The van der Waals surface area contributed by atoms with E-state index in [1.165, 1.54) is 6.07 Å². The summed E-state index contributed by atoms with van der Waals surface area (Å²) in [5, 5.41) is 33.6. The molecular formula is C11H14Cl2N2O4. The van der Waals surface area contributed by atoms with Gasteiger partial charge in [-0.1, -0.05) is 23.2 Å². The molecule has 0 aliphatic carbocycles. The second kappa shape index (κ2) is 7.02. The molecule has 6 nitrogen and oxygen atoms in total. The lowest BCUT2D eigenvalue weighted by Gasteiger charge is -2.18. The topological polar surface area (TPSA) is 95.6 Å². The molecule has 0 bridgehead atoms. The Bertz CT molecular complexity index is 470. The third-order valence-corrected chi connectivity index (χ3v) is 3.36. The monoisotopic (exact) mass is 308 g/mol. The Hall–Kier alpha value is -0.920. The first-order chi connectivity index (χ1) is 8.88. The molecule has 0 aliphatic rings. The molecule has 8 heteroatoms. The Kier molecular flexibility index (Phi) is 5.96. The minimum absolute atomic E-state index is 0.0223. The molecule has 3 N–H and O–H groups in total. The van der Waals surface area contributed by atoms with Crippen LogP contribution in [0.25, 0.3) is 0 Å². The standard InChI is InChI=1S/C11H14Cl2N2O4/c1-14-3-2-10(16)11(17)6-4-7(12)8(13)5-9(6)15(18)19/h4-5,10-11,14,16-17H,2-3H2,1H3. The van der Waals surface area contributed by atoms with Crippen molar-refractivity contribution in [1.29, 1.82) is 0 Å². The molecule has 0 heterocycles. The highest BCUT2D eigenvalue weighted by Crippen LogP contribution is 2.35. The number of rotatable bonds is 6. The van der Waals surface area contributed by atoms with Crippen LogP contribution in [0.4, 0.5) is 5.69 Å². The molecule has 0 spiro atoms. The van der Waals surface area contributed by atoms with E-state index in [-0.39, 0.29) is 27.7 Å². The second-order valence-corrected chi connectivity index (χ2v) is 4.80. The van der Waals surface area contributed by atoms with E-state index in [2.05, 4.69) is 5.32 Å². The van der Waals surface area contributed by atoms with Gasteiger partial charge in [-0.05, 0) is 26.1 Å². The predicted octanol–water partition coefficient (Wildman–Crippen LogP) is 1.91. The van der Waals surface area contributed by atoms with E-state index in [0.29, 0.717) is 6.54 Å². The minimum atomic E-state index is -1.40. The van der Waals surface area contributed by atoms with Crippen molar-refractivity contribution in [2.24, 2.45) is 0 Å². The average Bonchev–Trinajstić information content (AvgIpc) is 2.37. The lowest BCUT2D eigenvalue weighted by molar-refractivity contribution is -0.386. The molecule has 0 saturated heterocycles. The van der Waals surface area contributed by atoms with E-state index in [1.54, 1.807) is 7.05 Å². The number of hydrogen-bond donors (Lipinski definition) is 3. The van der Waals surface area contributed by atoms with Crippen LogP contribution in [0.1, 0.15) is 18.1 Å². The maximum Gasteiger partial charge on any atom is 0.276 e. The smallest absolute Gasteiger partial charge is 0.276 e. The van der Waals surface area contributed by atoms with Crippen LogP contribution < -0.4 is 5.32 Å². The highest BCUT2D eigenvalue weighted by atomic mass is 35.5. The zero-order valence-corrected chi connectivity index (χ0v) is 11.6. The number of nitro groups is 1. The summed E-state index contributed by atoms with van der Waals surface area (Å²) in [5.74, 6) is 0. The van der Waals surface area contributed by atoms with Crippen molar-refractivity contribution in [2.45, 2.75) is 18.6 Å². The Balaban J connectivity index is 3.10. The highest BCUT2D eigenvalue weighted by Gasteiger charge is 2.27. The van der Waals surface area contributed by atoms with Crippen LogP contribution in [0.5, 0.6) is 0 Å². The van der Waals surface area contributed by atoms with Crippen LogP contribution in [0.3, 0.4) is 0 Å². The van der Waals surface area contributed by atoms with Gasteiger partial charge in [0.25, 0.3) is 5.69 Å². The van der Waals surface area contributed by atoms with Crippen molar-refractivity contribution < 1.29 is 15.1 Å². The van der Waals surface area contributed by atoms with E-state index in [4.69, 9.17) is 23.2 Å². The number of aliphatic hydroxyl groups excluding tert-OH is 2. The van der Waals surface area contributed by atoms with E-state index < -0.39 is 17.1 Å². The van der Waals surface area contributed by atoms with Crippen LogP contribution in [0.15, 0.2) is 12.1 Å². The molecule has 2 atom stereocenters. The molecule has 1 aromatic carbocycles. The van der Waals surface area contributed by atoms with Gasteiger partial charge in [-0.3, -0.25) is 10.1 Å². The fourth-order valence-corrected chi connectivity index (χ4v) is 1.93. The zero-order chi connectivity index (χ0) is 14.6. The predicted molar refractivity (Wildman–Crippen MR) is 72.6 cm³/mol. The molecule has 0 radical (unpaired) electrons. The SMILES string of the molecule is CNCCC(O)C(O)c1cc(Cl)c(Cl)cc1[N+](=O)[O-]. The molecule has 1 rings (SSSR count). The van der Waals surface area contributed by atoms with Crippen LogP contribution in [-0.4, -0.2) is 34.8 Å². The summed E-state index contributed by atoms with van der Waals surface area (Å²) in [6.45, 7) is 0.466. The third kappa shape index (κ3) is 4.02. The van der Waals surface area contributed by atoms with Crippen molar-refractivity contribution in [2.75, 3.05) is 13.6 Å². The van der Waals surface area contributed by atoms with Crippen molar-refractivity contribution >= 4 is 28.9 Å². The maximum atomic E-state index is 10.9. The summed E-state index contributed by atoms with van der Waals surface area (Å²) in [6.07, 6.45) is -2.29. The Labute approximate surface area is 120 Å². The third-order valence-electron chi connectivity index (χ3n) is 2.64. The maximum absolute atomic E-state index is 10.9. The molecule has 0 saturated carbocycles. The summed E-state index contributed by atoms with van der Waals surface area (Å²) < 4.78 is 0. The summed E-state index contributed by atoms with van der Waals surface area (Å²) >= 11 is 11.5.